The van der Waals surface area contributed by atoms with E-state index in [4.69, 9.17) is 9.15 Å². The number of amides is 1. The Morgan fingerprint density at radius 1 is 1.14 bits per heavy atom. The van der Waals surface area contributed by atoms with Crippen LogP contribution in [0.2, 0.25) is 0 Å². The first-order chi connectivity index (χ1) is 13.6. The summed E-state index contributed by atoms with van der Waals surface area (Å²) in [4.78, 5) is 31.4. The van der Waals surface area contributed by atoms with Gasteiger partial charge in [0.15, 0.2) is 11.5 Å². The lowest BCUT2D eigenvalue weighted by molar-refractivity contribution is -0.117. The molecule has 3 aromatic rings. The van der Waals surface area contributed by atoms with Gasteiger partial charge in [-0.1, -0.05) is 18.2 Å². The minimum atomic E-state index is -0.856. The molecule has 0 spiro atoms. The van der Waals surface area contributed by atoms with Crippen LogP contribution < -0.4 is 9.64 Å². The smallest absolute Gasteiger partial charge is 0.295 e. The average Bonchev–Trinajstić information content (AvgIpc) is 3.36. The Morgan fingerprint density at radius 2 is 1.93 bits per heavy atom. The molecule has 1 aromatic carbocycles. The molecule has 0 saturated heterocycles. The lowest BCUT2D eigenvalue weighted by Gasteiger charge is -2.25. The quantitative estimate of drug-likeness (QED) is 0.686. The average molecular weight is 376 g/mol. The van der Waals surface area contributed by atoms with Crippen molar-refractivity contribution in [2.45, 2.75) is 6.04 Å². The highest BCUT2D eigenvalue weighted by Crippen LogP contribution is 2.41. The van der Waals surface area contributed by atoms with E-state index in [2.05, 4.69) is 4.98 Å². The highest BCUT2D eigenvalue weighted by Gasteiger charge is 2.45. The molecule has 1 amide bonds. The Bertz CT molecular complexity index is 1040. The molecule has 0 bridgehead atoms. The van der Waals surface area contributed by atoms with E-state index in [0.717, 1.165) is 0 Å². The summed E-state index contributed by atoms with van der Waals surface area (Å²) >= 11 is 0. The number of ether oxygens (including phenoxy) is 1. The Labute approximate surface area is 160 Å². The normalized spacial score (nSPS) is 16.5. The van der Waals surface area contributed by atoms with Crippen LogP contribution >= 0.6 is 0 Å². The number of anilines is 1. The predicted molar refractivity (Wildman–Crippen MR) is 100 cm³/mol. The molecule has 140 valence electrons. The van der Waals surface area contributed by atoms with Crippen LogP contribution in [0.15, 0.2) is 82.8 Å². The summed E-state index contributed by atoms with van der Waals surface area (Å²) in [5.41, 5.74) is 0.564. The van der Waals surface area contributed by atoms with Crippen molar-refractivity contribution in [2.24, 2.45) is 0 Å². The van der Waals surface area contributed by atoms with Gasteiger partial charge in [0.25, 0.3) is 5.91 Å². The van der Waals surface area contributed by atoms with Gasteiger partial charge in [-0.25, -0.2) is 4.98 Å². The SMILES string of the molecule is COc1ccc([C@@H]2C(C(=O)c3ccco3)=C(O)C(=O)N2c2ccccn2)cc1. The highest BCUT2D eigenvalue weighted by atomic mass is 16.5. The van der Waals surface area contributed by atoms with Gasteiger partial charge < -0.3 is 14.3 Å². The van der Waals surface area contributed by atoms with E-state index >= 15 is 0 Å². The van der Waals surface area contributed by atoms with Crippen LogP contribution in [0.1, 0.15) is 22.2 Å². The maximum Gasteiger partial charge on any atom is 0.295 e. The van der Waals surface area contributed by atoms with Crippen molar-refractivity contribution >= 4 is 17.5 Å². The Morgan fingerprint density at radius 3 is 2.54 bits per heavy atom. The number of aromatic nitrogens is 1. The number of pyridine rings is 1. The molecule has 0 fully saturated rings. The number of aliphatic hydroxyl groups is 1. The molecule has 3 heterocycles. The molecule has 0 saturated carbocycles. The monoisotopic (exact) mass is 376 g/mol. The summed E-state index contributed by atoms with van der Waals surface area (Å²) in [5.74, 6) is -0.889. The van der Waals surface area contributed by atoms with Gasteiger partial charge in [0.05, 0.1) is 25.0 Å². The summed E-state index contributed by atoms with van der Waals surface area (Å²) in [5, 5.41) is 10.6. The number of furan rings is 1. The fourth-order valence-electron chi connectivity index (χ4n) is 3.21. The highest BCUT2D eigenvalue weighted by molar-refractivity contribution is 6.19. The second-order valence-corrected chi connectivity index (χ2v) is 6.11. The van der Waals surface area contributed by atoms with E-state index in [-0.39, 0.29) is 11.3 Å². The predicted octanol–water partition coefficient (Wildman–Crippen LogP) is 3.47. The molecule has 0 aliphatic carbocycles. The number of rotatable bonds is 5. The van der Waals surface area contributed by atoms with Gasteiger partial charge in [0.2, 0.25) is 5.78 Å². The topological polar surface area (TPSA) is 92.9 Å². The van der Waals surface area contributed by atoms with E-state index in [1.807, 2.05) is 0 Å². The van der Waals surface area contributed by atoms with Crippen LogP contribution in [0, 0.1) is 0 Å². The molecule has 1 aliphatic rings. The van der Waals surface area contributed by atoms with Crippen molar-refractivity contribution < 1.29 is 23.8 Å². The van der Waals surface area contributed by atoms with Gasteiger partial charge in [-0.05, 0) is 42.0 Å². The van der Waals surface area contributed by atoms with E-state index < -0.39 is 23.5 Å². The maximum absolute atomic E-state index is 13.0. The fraction of sp³-hybridized carbons (Fsp3) is 0.0952. The number of hydrogen-bond donors (Lipinski definition) is 1. The Hall–Kier alpha value is -3.87. The number of hydrogen-bond acceptors (Lipinski definition) is 6. The summed E-state index contributed by atoms with van der Waals surface area (Å²) in [7, 11) is 1.55. The van der Waals surface area contributed by atoms with Crippen molar-refractivity contribution in [2.75, 3.05) is 12.0 Å². The number of ketones is 1. The van der Waals surface area contributed by atoms with Crippen LogP contribution in [-0.2, 0) is 4.79 Å². The molecule has 7 nitrogen and oxygen atoms in total. The first-order valence-corrected chi connectivity index (χ1v) is 8.51. The Kier molecular flexibility index (Phi) is 4.41. The molecule has 2 aromatic heterocycles. The third-order valence-corrected chi connectivity index (χ3v) is 4.53. The molecule has 28 heavy (non-hydrogen) atoms. The molecular formula is C21H16N2O5. The Balaban J connectivity index is 1.86. The first-order valence-electron chi connectivity index (χ1n) is 8.51. The van der Waals surface area contributed by atoms with Crippen molar-refractivity contribution in [3.8, 4) is 5.75 Å². The zero-order chi connectivity index (χ0) is 19.7. The fourth-order valence-corrected chi connectivity index (χ4v) is 3.21. The summed E-state index contributed by atoms with van der Waals surface area (Å²) < 4.78 is 10.4. The van der Waals surface area contributed by atoms with E-state index in [0.29, 0.717) is 17.1 Å². The molecule has 0 unspecified atom stereocenters. The van der Waals surface area contributed by atoms with Gasteiger partial charge >= 0.3 is 0 Å². The van der Waals surface area contributed by atoms with Crippen molar-refractivity contribution in [1.29, 1.82) is 0 Å². The minimum absolute atomic E-state index is 0.0377. The standard InChI is InChI=1S/C21H16N2O5/c1-27-14-9-7-13(8-10-14)18-17(19(24)15-5-4-12-28-15)20(25)21(26)23(18)16-6-2-3-11-22-16/h2-12,18,25H,1H3/t18-/m1/s1. The molecular weight excluding hydrogens is 360 g/mol. The van der Waals surface area contributed by atoms with Gasteiger partial charge in [-0.15, -0.1) is 0 Å². The van der Waals surface area contributed by atoms with Crippen LogP contribution in [0.5, 0.6) is 5.75 Å². The van der Waals surface area contributed by atoms with Crippen LogP contribution in [0.4, 0.5) is 5.82 Å². The lowest BCUT2D eigenvalue weighted by atomic mass is 9.95. The summed E-state index contributed by atoms with van der Waals surface area (Å²) in [6, 6.07) is 14.2. The van der Waals surface area contributed by atoms with Crippen molar-refractivity contribution in [3.05, 3.63) is 89.7 Å². The third kappa shape index (κ3) is 2.83. The summed E-state index contributed by atoms with van der Waals surface area (Å²) in [6.45, 7) is 0. The number of Topliss-reactive ketones (excluding diaryl/α,β-unsaturated/α-hetero) is 1. The second kappa shape index (κ2) is 7.03. The van der Waals surface area contributed by atoms with E-state index in [1.54, 1.807) is 55.6 Å². The second-order valence-electron chi connectivity index (χ2n) is 6.11. The van der Waals surface area contributed by atoms with E-state index in [1.165, 1.54) is 23.4 Å². The van der Waals surface area contributed by atoms with Crippen LogP contribution in [0.25, 0.3) is 0 Å². The van der Waals surface area contributed by atoms with Crippen molar-refractivity contribution in [1.82, 2.24) is 4.98 Å². The van der Waals surface area contributed by atoms with Gasteiger partial charge in [0.1, 0.15) is 11.6 Å². The number of methoxy groups -OCH3 is 1. The zero-order valence-electron chi connectivity index (χ0n) is 14.9. The maximum atomic E-state index is 13.0. The number of nitrogens with zero attached hydrogens (tertiary/aromatic N) is 2. The number of benzene rings is 1. The first kappa shape index (κ1) is 17.5. The van der Waals surface area contributed by atoms with Gasteiger partial charge in [-0.2, -0.15) is 0 Å². The minimum Gasteiger partial charge on any atom is -0.503 e. The van der Waals surface area contributed by atoms with Gasteiger partial charge in [0, 0.05) is 6.20 Å². The molecule has 1 aliphatic heterocycles. The molecule has 0 radical (unpaired) electrons. The molecule has 1 N–H and O–H groups in total. The number of carbonyl (C=O) groups is 2. The number of carbonyl (C=O) groups excluding carboxylic acids is 2. The van der Waals surface area contributed by atoms with E-state index in [9.17, 15) is 14.7 Å². The van der Waals surface area contributed by atoms with Crippen LogP contribution in [-0.4, -0.2) is 28.9 Å². The molecule has 7 heteroatoms. The van der Waals surface area contributed by atoms with Crippen molar-refractivity contribution in [3.63, 3.8) is 0 Å². The molecule has 4 rings (SSSR count). The lowest BCUT2D eigenvalue weighted by Crippen LogP contribution is -2.31. The summed E-state index contributed by atoms with van der Waals surface area (Å²) in [6.07, 6.45) is 2.90. The van der Waals surface area contributed by atoms with Crippen LogP contribution in [0.3, 0.4) is 0 Å². The third-order valence-electron chi connectivity index (χ3n) is 4.53. The largest absolute Gasteiger partial charge is 0.503 e. The van der Waals surface area contributed by atoms with Gasteiger partial charge in [-0.3, -0.25) is 14.5 Å². The zero-order valence-corrected chi connectivity index (χ0v) is 14.9. The molecule has 1 atom stereocenters. The number of aliphatic hydroxyl groups excluding tert-OH is 1.